The molecule has 0 unspecified atom stereocenters. The highest BCUT2D eigenvalue weighted by Crippen LogP contribution is 2.30. The highest BCUT2D eigenvalue weighted by atomic mass is 79.9. The molecule has 0 bridgehead atoms. The number of hydrogen-bond donors (Lipinski definition) is 1. The number of benzene rings is 2. The van der Waals surface area contributed by atoms with E-state index in [1.165, 1.54) is 6.07 Å². The zero-order chi connectivity index (χ0) is 13.0. The van der Waals surface area contributed by atoms with Gasteiger partial charge in [0.15, 0.2) is 0 Å². The Morgan fingerprint density at radius 3 is 2.56 bits per heavy atom. The summed E-state index contributed by atoms with van der Waals surface area (Å²) in [6.45, 7) is 0.366. The van der Waals surface area contributed by atoms with E-state index in [1.54, 1.807) is 17.8 Å². The van der Waals surface area contributed by atoms with Crippen molar-refractivity contribution in [3.63, 3.8) is 0 Å². The lowest BCUT2D eigenvalue weighted by atomic mass is 10.1. The summed E-state index contributed by atoms with van der Waals surface area (Å²) in [5.41, 5.74) is 7.32. The van der Waals surface area contributed by atoms with E-state index >= 15 is 0 Å². The van der Waals surface area contributed by atoms with Crippen molar-refractivity contribution in [3.8, 4) is 0 Å². The summed E-state index contributed by atoms with van der Waals surface area (Å²) in [5.74, 6) is 0.508. The third-order valence-corrected chi connectivity index (χ3v) is 4.58. The van der Waals surface area contributed by atoms with Crippen molar-refractivity contribution in [1.82, 2.24) is 0 Å². The van der Waals surface area contributed by atoms with Gasteiger partial charge in [-0.15, -0.1) is 11.8 Å². The topological polar surface area (TPSA) is 26.0 Å². The van der Waals surface area contributed by atoms with E-state index in [0.29, 0.717) is 6.54 Å². The molecule has 0 fully saturated rings. The lowest BCUT2D eigenvalue weighted by Crippen LogP contribution is -1.98. The van der Waals surface area contributed by atoms with Crippen molar-refractivity contribution in [1.29, 1.82) is 0 Å². The van der Waals surface area contributed by atoms with Crippen LogP contribution < -0.4 is 5.73 Å². The number of nitrogens with two attached hydrogens (primary N) is 1. The highest BCUT2D eigenvalue weighted by Gasteiger charge is 2.03. The Hall–Kier alpha value is -0.840. The molecule has 0 aliphatic rings. The molecule has 94 valence electrons. The van der Waals surface area contributed by atoms with Crippen molar-refractivity contribution in [2.75, 3.05) is 0 Å². The van der Waals surface area contributed by atoms with Crippen LogP contribution in [-0.4, -0.2) is 0 Å². The standard InChI is InChI=1S/C14H13BrFNS/c15-13-3-1-2-4-14(13)18-9-11-5-10(8-17)6-12(16)7-11/h1-7H,8-9,17H2. The molecule has 0 heterocycles. The molecule has 0 saturated heterocycles. The summed E-state index contributed by atoms with van der Waals surface area (Å²) in [6, 6.07) is 13.0. The van der Waals surface area contributed by atoms with Crippen LogP contribution in [0.3, 0.4) is 0 Å². The van der Waals surface area contributed by atoms with Crippen molar-refractivity contribution in [2.24, 2.45) is 5.73 Å². The Morgan fingerprint density at radius 1 is 1.11 bits per heavy atom. The second-order valence-electron chi connectivity index (χ2n) is 3.89. The molecule has 2 N–H and O–H groups in total. The Balaban J connectivity index is 2.11. The Bertz CT molecular complexity index is 545. The molecule has 0 aliphatic heterocycles. The van der Waals surface area contributed by atoms with E-state index in [0.717, 1.165) is 26.2 Å². The zero-order valence-corrected chi connectivity index (χ0v) is 12.1. The first-order valence-corrected chi connectivity index (χ1v) is 7.32. The van der Waals surface area contributed by atoms with Gasteiger partial charge < -0.3 is 5.73 Å². The lowest BCUT2D eigenvalue weighted by molar-refractivity contribution is 0.624. The second kappa shape index (κ2) is 6.36. The summed E-state index contributed by atoms with van der Waals surface area (Å²) >= 11 is 5.17. The fraction of sp³-hybridized carbons (Fsp3) is 0.143. The van der Waals surface area contributed by atoms with Gasteiger partial charge in [-0.2, -0.15) is 0 Å². The molecule has 0 aliphatic carbocycles. The quantitative estimate of drug-likeness (QED) is 0.846. The fourth-order valence-electron chi connectivity index (χ4n) is 1.64. The first kappa shape index (κ1) is 13.6. The van der Waals surface area contributed by atoms with Crippen LogP contribution in [0.2, 0.25) is 0 Å². The first-order chi connectivity index (χ1) is 8.69. The lowest BCUT2D eigenvalue weighted by Gasteiger charge is -2.06. The van der Waals surface area contributed by atoms with Crippen LogP contribution in [0.4, 0.5) is 4.39 Å². The minimum atomic E-state index is -0.222. The highest BCUT2D eigenvalue weighted by molar-refractivity contribution is 9.10. The third kappa shape index (κ3) is 3.57. The number of thioether (sulfide) groups is 1. The van der Waals surface area contributed by atoms with Crippen LogP contribution in [0.15, 0.2) is 51.8 Å². The molecular formula is C14H13BrFNS. The Labute approximate surface area is 119 Å². The van der Waals surface area contributed by atoms with Crippen LogP contribution >= 0.6 is 27.7 Å². The van der Waals surface area contributed by atoms with Crippen molar-refractivity contribution in [2.45, 2.75) is 17.2 Å². The average Bonchev–Trinajstić information content (AvgIpc) is 2.37. The molecule has 0 spiro atoms. The molecule has 0 amide bonds. The molecule has 18 heavy (non-hydrogen) atoms. The van der Waals surface area contributed by atoms with E-state index in [-0.39, 0.29) is 5.82 Å². The van der Waals surface area contributed by atoms with Crippen LogP contribution in [0.5, 0.6) is 0 Å². The molecule has 0 atom stereocenters. The van der Waals surface area contributed by atoms with Gasteiger partial charge in [0.2, 0.25) is 0 Å². The van der Waals surface area contributed by atoms with Gasteiger partial charge in [0.25, 0.3) is 0 Å². The van der Waals surface area contributed by atoms with Gasteiger partial charge in [-0.25, -0.2) is 4.39 Å². The van der Waals surface area contributed by atoms with E-state index in [2.05, 4.69) is 15.9 Å². The van der Waals surface area contributed by atoms with Crippen molar-refractivity contribution < 1.29 is 4.39 Å². The summed E-state index contributed by atoms with van der Waals surface area (Å²) in [6.07, 6.45) is 0. The number of halogens is 2. The van der Waals surface area contributed by atoms with Crippen molar-refractivity contribution in [3.05, 3.63) is 63.9 Å². The summed E-state index contributed by atoms with van der Waals surface area (Å²) in [5, 5.41) is 0. The maximum Gasteiger partial charge on any atom is 0.123 e. The van der Waals surface area contributed by atoms with Crippen LogP contribution in [0.25, 0.3) is 0 Å². The molecule has 2 aromatic carbocycles. The van der Waals surface area contributed by atoms with Gasteiger partial charge >= 0.3 is 0 Å². The molecule has 1 nitrogen and oxygen atoms in total. The minimum Gasteiger partial charge on any atom is -0.326 e. The molecule has 0 aromatic heterocycles. The Kier molecular flexibility index (Phi) is 4.80. The largest absolute Gasteiger partial charge is 0.326 e. The van der Waals surface area contributed by atoms with Gasteiger partial charge in [0.05, 0.1) is 0 Å². The summed E-state index contributed by atoms with van der Waals surface area (Å²) in [4.78, 5) is 1.15. The minimum absolute atomic E-state index is 0.222. The summed E-state index contributed by atoms with van der Waals surface area (Å²) < 4.78 is 14.4. The van der Waals surface area contributed by atoms with Gasteiger partial charge in [0.1, 0.15) is 5.82 Å². The maximum absolute atomic E-state index is 13.3. The summed E-state index contributed by atoms with van der Waals surface area (Å²) in [7, 11) is 0. The van der Waals surface area contributed by atoms with E-state index in [9.17, 15) is 4.39 Å². The normalized spacial score (nSPS) is 10.6. The van der Waals surface area contributed by atoms with Gasteiger partial charge in [-0.1, -0.05) is 18.2 Å². The van der Waals surface area contributed by atoms with Crippen LogP contribution in [-0.2, 0) is 12.3 Å². The molecule has 4 heteroatoms. The van der Waals surface area contributed by atoms with Crippen LogP contribution in [0.1, 0.15) is 11.1 Å². The van der Waals surface area contributed by atoms with Crippen LogP contribution in [0, 0.1) is 5.82 Å². The van der Waals surface area contributed by atoms with E-state index in [4.69, 9.17) is 5.73 Å². The molecule has 0 radical (unpaired) electrons. The number of rotatable bonds is 4. The zero-order valence-electron chi connectivity index (χ0n) is 9.70. The third-order valence-electron chi connectivity index (χ3n) is 2.48. The predicted molar refractivity (Wildman–Crippen MR) is 78.0 cm³/mol. The smallest absolute Gasteiger partial charge is 0.123 e. The number of hydrogen-bond acceptors (Lipinski definition) is 2. The van der Waals surface area contributed by atoms with Gasteiger partial charge in [-0.05, 0) is 51.3 Å². The monoisotopic (exact) mass is 325 g/mol. The molecule has 2 rings (SSSR count). The molecule has 2 aromatic rings. The average molecular weight is 326 g/mol. The maximum atomic E-state index is 13.3. The second-order valence-corrected chi connectivity index (χ2v) is 5.76. The fourth-order valence-corrected chi connectivity index (χ4v) is 3.14. The van der Waals surface area contributed by atoms with Crippen molar-refractivity contribution >= 4 is 27.7 Å². The molecule has 0 saturated carbocycles. The SMILES string of the molecule is NCc1cc(F)cc(CSc2ccccc2Br)c1. The van der Waals surface area contributed by atoms with Gasteiger partial charge in [0, 0.05) is 21.7 Å². The van der Waals surface area contributed by atoms with E-state index < -0.39 is 0 Å². The van der Waals surface area contributed by atoms with Gasteiger partial charge in [-0.3, -0.25) is 0 Å². The van der Waals surface area contributed by atoms with E-state index in [1.807, 2.05) is 30.3 Å². The Morgan fingerprint density at radius 2 is 1.83 bits per heavy atom. The predicted octanol–water partition coefficient (Wildman–Crippen LogP) is 4.34. The molecular weight excluding hydrogens is 313 g/mol. The first-order valence-electron chi connectivity index (χ1n) is 5.55.